The predicted molar refractivity (Wildman–Crippen MR) is 123 cm³/mol. The molecule has 166 valence electrons. The molecule has 5 rings (SSSR count). The van der Waals surface area contributed by atoms with Crippen LogP contribution in [0, 0.1) is 17.2 Å². The summed E-state index contributed by atoms with van der Waals surface area (Å²) in [5, 5.41) is 38.7. The van der Waals surface area contributed by atoms with E-state index >= 15 is 0 Å². The Morgan fingerprint density at radius 3 is 2.79 bits per heavy atom. The third kappa shape index (κ3) is 3.91. The number of hydrogen-bond acceptors (Lipinski definition) is 8. The van der Waals surface area contributed by atoms with Gasteiger partial charge in [0, 0.05) is 12.5 Å². The molecular weight excluding hydrogens is 440 g/mol. The average molecular weight is 461 g/mol. The summed E-state index contributed by atoms with van der Waals surface area (Å²) >= 11 is 1.61. The molecule has 0 unspecified atom stereocenters. The summed E-state index contributed by atoms with van der Waals surface area (Å²) in [7, 11) is 0. The highest BCUT2D eigenvalue weighted by molar-refractivity contribution is 7.18. The predicted octanol–water partition coefficient (Wildman–Crippen LogP) is 6.11. The number of carboxylic acid groups (broad SMARTS) is 1. The highest BCUT2D eigenvalue weighted by atomic mass is 32.1. The van der Waals surface area contributed by atoms with Crippen LogP contribution in [0.4, 0.5) is 11.6 Å². The van der Waals surface area contributed by atoms with E-state index in [1.165, 1.54) is 18.2 Å². The first kappa shape index (κ1) is 21.0. The number of aromatic hydroxyl groups is 1. The van der Waals surface area contributed by atoms with Crippen molar-refractivity contribution in [1.29, 1.82) is 5.26 Å². The first-order chi connectivity index (χ1) is 16.0. The lowest BCUT2D eigenvalue weighted by Crippen LogP contribution is -2.18. The van der Waals surface area contributed by atoms with E-state index in [0.29, 0.717) is 24.0 Å². The lowest BCUT2D eigenvalue weighted by Gasteiger charge is -2.29. The molecule has 4 aromatic rings. The summed E-state index contributed by atoms with van der Waals surface area (Å²) in [5.74, 6) is -0.714. The van der Waals surface area contributed by atoms with E-state index in [2.05, 4.69) is 25.8 Å². The van der Waals surface area contributed by atoms with Crippen LogP contribution < -0.4 is 0 Å². The summed E-state index contributed by atoms with van der Waals surface area (Å²) in [6.45, 7) is 0. The molecule has 1 fully saturated rings. The van der Waals surface area contributed by atoms with Gasteiger partial charge in [-0.05, 0) is 61.2 Å². The molecule has 10 heteroatoms. The molecule has 0 bridgehead atoms. The number of imidazole rings is 1. The molecule has 0 saturated heterocycles. The van der Waals surface area contributed by atoms with Crippen LogP contribution >= 0.6 is 11.3 Å². The number of rotatable bonds is 5. The molecule has 0 radical (unpaired) electrons. The smallest absolute Gasteiger partial charge is 0.339 e. The van der Waals surface area contributed by atoms with E-state index in [0.717, 1.165) is 46.9 Å². The Morgan fingerprint density at radius 2 is 2.03 bits per heavy atom. The van der Waals surface area contributed by atoms with Crippen molar-refractivity contribution in [2.75, 3.05) is 0 Å². The molecule has 33 heavy (non-hydrogen) atoms. The van der Waals surface area contributed by atoms with E-state index in [4.69, 9.17) is 10.2 Å². The number of fused-ring (bicyclic) bond motifs is 3. The number of nitrogens with zero attached hydrogens (tertiary/aromatic N) is 6. The van der Waals surface area contributed by atoms with Crippen molar-refractivity contribution in [3.05, 3.63) is 41.4 Å². The molecule has 0 atom stereocenters. The van der Waals surface area contributed by atoms with Crippen molar-refractivity contribution in [2.45, 2.75) is 38.1 Å². The second-order valence-electron chi connectivity index (χ2n) is 8.15. The van der Waals surface area contributed by atoms with Gasteiger partial charge in [-0.2, -0.15) is 5.26 Å². The highest BCUT2D eigenvalue weighted by Crippen LogP contribution is 2.41. The van der Waals surface area contributed by atoms with Gasteiger partial charge < -0.3 is 14.8 Å². The minimum absolute atomic E-state index is 0.168. The van der Waals surface area contributed by atoms with Gasteiger partial charge in [0.2, 0.25) is 0 Å². The minimum atomic E-state index is -1.24. The quantitative estimate of drug-likeness (QED) is 0.345. The van der Waals surface area contributed by atoms with Crippen LogP contribution in [0.5, 0.6) is 5.75 Å². The van der Waals surface area contributed by atoms with Gasteiger partial charge >= 0.3 is 5.97 Å². The van der Waals surface area contributed by atoms with Gasteiger partial charge in [0.05, 0.1) is 33.7 Å². The van der Waals surface area contributed by atoms with Crippen LogP contribution in [-0.2, 0) is 0 Å². The van der Waals surface area contributed by atoms with Gasteiger partial charge in [-0.25, -0.2) is 9.78 Å². The van der Waals surface area contributed by atoms with Gasteiger partial charge in [0.1, 0.15) is 16.8 Å². The van der Waals surface area contributed by atoms with E-state index < -0.39 is 5.97 Å². The number of pyridine rings is 1. The van der Waals surface area contributed by atoms with Gasteiger partial charge in [-0.1, -0.05) is 0 Å². The van der Waals surface area contributed by atoms with Crippen molar-refractivity contribution < 1.29 is 15.0 Å². The molecule has 0 spiro atoms. The summed E-state index contributed by atoms with van der Waals surface area (Å²) in [6, 6.07) is 8.50. The van der Waals surface area contributed by atoms with Crippen LogP contribution in [0.15, 0.2) is 46.1 Å². The Kier molecular flexibility index (Phi) is 5.48. The van der Waals surface area contributed by atoms with Crippen LogP contribution in [0.1, 0.15) is 48.5 Å². The number of hydrogen-bond donors (Lipinski definition) is 2. The zero-order valence-electron chi connectivity index (χ0n) is 17.5. The zero-order chi connectivity index (χ0) is 22.9. The van der Waals surface area contributed by atoms with Gasteiger partial charge in [0.25, 0.3) is 5.95 Å². The fourth-order valence-corrected chi connectivity index (χ4v) is 5.37. The van der Waals surface area contributed by atoms with Crippen LogP contribution in [0.2, 0.25) is 0 Å². The Labute approximate surface area is 192 Å². The maximum Gasteiger partial charge on any atom is 0.339 e. The lowest BCUT2D eigenvalue weighted by atomic mass is 9.84. The van der Waals surface area contributed by atoms with Crippen LogP contribution in [0.3, 0.4) is 0 Å². The maximum atomic E-state index is 11.3. The number of aromatic nitrogens is 3. The Hall–Kier alpha value is -3.84. The Morgan fingerprint density at radius 1 is 1.21 bits per heavy atom. The lowest BCUT2D eigenvalue weighted by molar-refractivity contribution is 0.0693. The number of phenols is 1. The number of nitriles is 1. The van der Waals surface area contributed by atoms with Gasteiger partial charge in [-0.15, -0.1) is 21.6 Å². The van der Waals surface area contributed by atoms with E-state index in [1.54, 1.807) is 17.5 Å². The molecule has 1 aromatic carbocycles. The van der Waals surface area contributed by atoms with E-state index in [9.17, 15) is 15.0 Å². The molecular formula is C23H20N6O3S. The number of benzene rings is 1. The third-order valence-corrected chi connectivity index (χ3v) is 7.04. The first-order valence-electron chi connectivity index (χ1n) is 10.6. The molecule has 1 aliphatic rings. The van der Waals surface area contributed by atoms with E-state index in [1.807, 2.05) is 11.4 Å². The molecule has 1 aliphatic carbocycles. The monoisotopic (exact) mass is 460 g/mol. The summed E-state index contributed by atoms with van der Waals surface area (Å²) < 4.78 is 3.17. The van der Waals surface area contributed by atoms with Crippen molar-refractivity contribution in [3.8, 4) is 11.8 Å². The highest BCUT2D eigenvalue weighted by Gasteiger charge is 2.27. The van der Waals surface area contributed by atoms with Crippen molar-refractivity contribution in [2.24, 2.45) is 16.1 Å². The van der Waals surface area contributed by atoms with Crippen molar-refractivity contribution in [3.63, 3.8) is 0 Å². The summed E-state index contributed by atoms with van der Waals surface area (Å²) in [4.78, 5) is 20.5. The number of carboxylic acids is 1. The molecule has 3 heterocycles. The Balaban J connectivity index is 1.58. The van der Waals surface area contributed by atoms with Crippen molar-refractivity contribution in [1.82, 2.24) is 14.5 Å². The minimum Gasteiger partial charge on any atom is -0.507 e. The molecule has 0 amide bonds. The van der Waals surface area contributed by atoms with E-state index in [-0.39, 0.29) is 17.4 Å². The van der Waals surface area contributed by atoms with Gasteiger partial charge in [-0.3, -0.25) is 4.98 Å². The molecule has 2 N–H and O–H groups in total. The summed E-state index contributed by atoms with van der Waals surface area (Å²) in [5.41, 5.74) is 2.68. The van der Waals surface area contributed by atoms with Crippen LogP contribution in [0.25, 0.3) is 21.3 Å². The number of azo groups is 1. The molecule has 0 aliphatic heterocycles. The largest absolute Gasteiger partial charge is 0.507 e. The standard InChI is InChI=1S/C23H20N6O3S/c24-9-7-13-1-4-15(5-2-13)29-20-18(12-25-17-8-10-33-21(17)20)26-23(29)28-27-14-3-6-19(30)16(11-14)22(31)32/h3,6,8,10-13,15,30H,1-2,4-5,7H2,(H,31,32)/b28-27+. The molecule has 1 saturated carbocycles. The Bertz CT molecular complexity index is 1430. The first-order valence-corrected chi connectivity index (χ1v) is 11.5. The summed E-state index contributed by atoms with van der Waals surface area (Å²) in [6.07, 6.45) is 6.08. The van der Waals surface area contributed by atoms with Gasteiger partial charge in [0.15, 0.2) is 0 Å². The number of thiophene rings is 1. The topological polar surface area (TPSA) is 137 Å². The second-order valence-corrected chi connectivity index (χ2v) is 9.07. The SMILES string of the molecule is N#CCC1CCC(n2c(/N=N/c3ccc(O)c(C(=O)O)c3)nc3cnc4ccsc4c32)CC1. The zero-order valence-corrected chi connectivity index (χ0v) is 18.4. The number of aromatic carboxylic acids is 1. The number of carbonyl (C=O) groups is 1. The fourth-order valence-electron chi connectivity index (χ4n) is 4.48. The fraction of sp³-hybridized carbons (Fsp3) is 0.304. The maximum absolute atomic E-state index is 11.3. The normalized spacial score (nSPS) is 18.8. The molecule has 3 aromatic heterocycles. The van der Waals surface area contributed by atoms with Crippen LogP contribution in [-0.4, -0.2) is 30.7 Å². The molecule has 9 nitrogen and oxygen atoms in total. The second kappa shape index (κ2) is 8.60. The third-order valence-electron chi connectivity index (χ3n) is 6.13. The average Bonchev–Trinajstić information content (AvgIpc) is 3.43. The van der Waals surface area contributed by atoms with Crippen molar-refractivity contribution >= 4 is 50.2 Å².